The number of hydrogen-bond acceptors (Lipinski definition) is 9. The van der Waals surface area contributed by atoms with E-state index in [1.807, 2.05) is 0 Å². The molecule has 3 rings (SSSR count). The van der Waals surface area contributed by atoms with Crippen molar-refractivity contribution in [2.45, 2.75) is 43.9 Å². The monoisotopic (exact) mass is 356 g/mol. The molecule has 2 heterocycles. The minimum absolute atomic E-state index is 0.0104. The minimum Gasteiger partial charge on any atom is -0.497 e. The van der Waals surface area contributed by atoms with Crippen molar-refractivity contribution in [3.8, 4) is 5.75 Å². The number of non-ortho nitro benzene ring substituents is 1. The average Bonchev–Trinajstić information content (AvgIpc) is 2.86. The molecule has 0 aliphatic carbocycles. The fraction of sp³-hybridized carbons (Fsp3) is 0.538. The summed E-state index contributed by atoms with van der Waals surface area (Å²) in [5, 5.41) is 52.9. The van der Waals surface area contributed by atoms with E-state index in [4.69, 9.17) is 5.11 Å². The molecule has 0 spiro atoms. The van der Waals surface area contributed by atoms with Crippen molar-refractivity contribution in [1.82, 2.24) is 5.32 Å². The number of fused-ring (bicyclic) bond motifs is 2. The molecule has 0 amide bonds. The van der Waals surface area contributed by atoms with Crippen LogP contribution in [-0.4, -0.2) is 43.2 Å². The number of piperidine rings is 1. The number of phenolic OH excluding ortho intramolecular Hbond substituents is 1. The highest BCUT2D eigenvalue weighted by Crippen LogP contribution is 2.38. The molecule has 2 bridgehead atoms. The maximum absolute atomic E-state index is 10.4. The fourth-order valence-electron chi connectivity index (χ4n) is 3.00. The summed E-state index contributed by atoms with van der Waals surface area (Å²) in [7, 11) is 0. The van der Waals surface area contributed by atoms with E-state index in [2.05, 4.69) is 5.32 Å². The van der Waals surface area contributed by atoms with E-state index in [-0.39, 0.29) is 6.10 Å². The molecule has 3 N–H and O–H groups in total. The van der Waals surface area contributed by atoms with Crippen LogP contribution in [0.15, 0.2) is 12.1 Å². The highest BCUT2D eigenvalue weighted by atomic mass is 16.6. The van der Waals surface area contributed by atoms with Gasteiger partial charge in [0, 0.05) is 12.1 Å². The Kier molecular flexibility index (Phi) is 5.44. The molecule has 136 valence electrons. The Morgan fingerprint density at radius 1 is 0.920 bits per heavy atom. The van der Waals surface area contributed by atoms with Gasteiger partial charge in [0.25, 0.3) is 11.4 Å². The van der Waals surface area contributed by atoms with Crippen molar-refractivity contribution in [2.75, 3.05) is 0 Å². The van der Waals surface area contributed by atoms with Crippen LogP contribution in [-0.2, 0) is 0 Å². The summed E-state index contributed by atoms with van der Waals surface area (Å²) in [6.07, 6.45) is 4.51. The van der Waals surface area contributed by atoms with Crippen molar-refractivity contribution in [1.29, 1.82) is 0 Å². The molecule has 1 aromatic carbocycles. The standard InChI is InChI=1S/C7H13NO.C6H3N3O7/c9-7-3-5-1-2-6(4-7)8-5;10-6-4(8(13)14)1-3(7(11)12)2-5(6)9(15)16/h5-9H,1-4H2;1-2,10H. The summed E-state index contributed by atoms with van der Waals surface area (Å²) in [4.78, 5) is 27.8. The Morgan fingerprint density at radius 2 is 1.36 bits per heavy atom. The molecule has 0 radical (unpaired) electrons. The number of hydrogen-bond donors (Lipinski definition) is 3. The number of rotatable bonds is 3. The Balaban J connectivity index is 0.000000208. The molecule has 0 saturated carbocycles. The number of aliphatic hydroxyl groups excluding tert-OH is 1. The van der Waals surface area contributed by atoms with Crippen LogP contribution >= 0.6 is 0 Å². The van der Waals surface area contributed by atoms with Crippen LogP contribution in [0.2, 0.25) is 0 Å². The van der Waals surface area contributed by atoms with Crippen LogP contribution in [0.3, 0.4) is 0 Å². The van der Waals surface area contributed by atoms with Crippen molar-refractivity contribution in [3.05, 3.63) is 42.5 Å². The first kappa shape index (κ1) is 18.5. The van der Waals surface area contributed by atoms with Gasteiger partial charge in [-0.1, -0.05) is 0 Å². The number of phenols is 1. The SMILES string of the molecule is O=[N+]([O-])c1cc([N+](=O)[O-])c(O)c([N+](=O)[O-])c1.OC1CC2CCC(C1)N2. The summed E-state index contributed by atoms with van der Waals surface area (Å²) in [6, 6.07) is 2.17. The summed E-state index contributed by atoms with van der Waals surface area (Å²) in [5.74, 6) is -1.21. The van der Waals surface area contributed by atoms with Gasteiger partial charge in [0.2, 0.25) is 0 Å². The van der Waals surface area contributed by atoms with Gasteiger partial charge in [0.05, 0.1) is 33.0 Å². The largest absolute Gasteiger partial charge is 0.497 e. The lowest BCUT2D eigenvalue weighted by atomic mass is 10.0. The summed E-state index contributed by atoms with van der Waals surface area (Å²) < 4.78 is 0. The molecule has 0 aromatic heterocycles. The zero-order chi connectivity index (χ0) is 18.7. The molecule has 12 heteroatoms. The lowest BCUT2D eigenvalue weighted by Gasteiger charge is -2.24. The molecule has 2 atom stereocenters. The van der Waals surface area contributed by atoms with E-state index in [0.29, 0.717) is 24.2 Å². The highest BCUT2D eigenvalue weighted by Gasteiger charge is 2.32. The van der Waals surface area contributed by atoms with Crippen LogP contribution in [0.5, 0.6) is 5.75 Å². The molecule has 12 nitrogen and oxygen atoms in total. The number of nitrogens with zero attached hydrogens (tertiary/aromatic N) is 3. The van der Waals surface area contributed by atoms with Crippen LogP contribution < -0.4 is 5.32 Å². The van der Waals surface area contributed by atoms with Crippen molar-refractivity contribution < 1.29 is 25.0 Å². The van der Waals surface area contributed by atoms with Gasteiger partial charge in [0.15, 0.2) is 0 Å². The minimum atomic E-state index is -1.21. The van der Waals surface area contributed by atoms with Crippen LogP contribution in [0.4, 0.5) is 17.1 Å². The lowest BCUT2D eigenvalue weighted by molar-refractivity contribution is -0.404. The Labute approximate surface area is 140 Å². The molecule has 1 aromatic rings. The summed E-state index contributed by atoms with van der Waals surface area (Å²) in [6.45, 7) is 0. The highest BCUT2D eigenvalue weighted by molar-refractivity contribution is 5.64. The first-order chi connectivity index (χ1) is 11.7. The van der Waals surface area contributed by atoms with E-state index in [9.17, 15) is 35.4 Å². The van der Waals surface area contributed by atoms with Crippen molar-refractivity contribution in [3.63, 3.8) is 0 Å². The molecule has 2 aliphatic heterocycles. The number of aromatic hydroxyl groups is 1. The van der Waals surface area contributed by atoms with E-state index in [0.717, 1.165) is 12.8 Å². The zero-order valence-corrected chi connectivity index (χ0v) is 12.9. The number of nitrogens with one attached hydrogen (secondary N) is 1. The molecule has 2 fully saturated rings. The topological polar surface area (TPSA) is 182 Å². The fourth-order valence-corrected chi connectivity index (χ4v) is 3.00. The number of nitro groups is 3. The predicted octanol–water partition coefficient (Wildman–Crippen LogP) is 1.38. The van der Waals surface area contributed by atoms with Gasteiger partial charge in [-0.3, -0.25) is 30.3 Å². The first-order valence-electron chi connectivity index (χ1n) is 7.43. The molecular weight excluding hydrogens is 340 g/mol. The van der Waals surface area contributed by atoms with Gasteiger partial charge in [-0.15, -0.1) is 0 Å². The van der Waals surface area contributed by atoms with Gasteiger partial charge in [-0.2, -0.15) is 0 Å². The lowest BCUT2D eigenvalue weighted by Crippen LogP contribution is -2.40. The normalized spacial score (nSPS) is 24.1. The molecule has 2 aliphatic rings. The third-order valence-corrected chi connectivity index (χ3v) is 4.11. The summed E-state index contributed by atoms with van der Waals surface area (Å²) in [5.41, 5.74) is -3.00. The van der Waals surface area contributed by atoms with Crippen LogP contribution in [0, 0.1) is 30.3 Å². The van der Waals surface area contributed by atoms with Crippen molar-refractivity contribution in [2.24, 2.45) is 0 Å². The first-order valence-corrected chi connectivity index (χ1v) is 7.43. The van der Waals surface area contributed by atoms with Gasteiger partial charge < -0.3 is 15.5 Å². The van der Waals surface area contributed by atoms with Crippen molar-refractivity contribution >= 4 is 17.1 Å². The zero-order valence-electron chi connectivity index (χ0n) is 12.9. The predicted molar refractivity (Wildman–Crippen MR) is 83.3 cm³/mol. The van der Waals surface area contributed by atoms with E-state index < -0.39 is 37.6 Å². The van der Waals surface area contributed by atoms with Gasteiger partial charge >= 0.3 is 11.4 Å². The molecule has 2 saturated heterocycles. The van der Waals surface area contributed by atoms with Gasteiger partial charge in [0.1, 0.15) is 0 Å². The number of benzene rings is 1. The number of nitro benzene ring substituents is 3. The maximum atomic E-state index is 10.4. The van der Waals surface area contributed by atoms with E-state index in [1.54, 1.807) is 0 Å². The quantitative estimate of drug-likeness (QED) is 0.532. The molecular formula is C13H16N4O8. The molecule has 25 heavy (non-hydrogen) atoms. The number of aliphatic hydroxyl groups is 1. The average molecular weight is 356 g/mol. The Morgan fingerprint density at radius 3 is 1.72 bits per heavy atom. The second-order valence-electron chi connectivity index (χ2n) is 5.87. The third-order valence-electron chi connectivity index (χ3n) is 4.11. The second kappa shape index (κ2) is 7.36. The maximum Gasteiger partial charge on any atom is 0.324 e. The van der Waals surface area contributed by atoms with Crippen LogP contribution in [0.1, 0.15) is 25.7 Å². The van der Waals surface area contributed by atoms with Gasteiger partial charge in [-0.05, 0) is 25.7 Å². The van der Waals surface area contributed by atoms with Gasteiger partial charge in [-0.25, -0.2) is 0 Å². The molecule has 2 unspecified atom stereocenters. The Hall–Kier alpha value is -2.86. The third kappa shape index (κ3) is 4.36. The summed E-state index contributed by atoms with van der Waals surface area (Å²) >= 11 is 0. The smallest absolute Gasteiger partial charge is 0.324 e. The Bertz CT molecular complexity index is 662. The second-order valence-corrected chi connectivity index (χ2v) is 5.87. The van der Waals surface area contributed by atoms with Crippen LogP contribution in [0.25, 0.3) is 0 Å². The van der Waals surface area contributed by atoms with E-state index in [1.165, 1.54) is 12.8 Å². The van der Waals surface area contributed by atoms with E-state index >= 15 is 0 Å².